The average Bonchev–Trinajstić information content (AvgIpc) is 3.02. The molecule has 2 heterocycles. The monoisotopic (exact) mass is 380 g/mol. The van der Waals surface area contributed by atoms with Crippen molar-refractivity contribution in [3.05, 3.63) is 47.7 Å². The molecule has 1 fully saturated rings. The van der Waals surface area contributed by atoms with Crippen LogP contribution in [0.1, 0.15) is 17.7 Å². The van der Waals surface area contributed by atoms with Gasteiger partial charge in [0.15, 0.2) is 6.10 Å². The van der Waals surface area contributed by atoms with Crippen molar-refractivity contribution in [2.45, 2.75) is 19.1 Å². The molecule has 1 atom stereocenters. The van der Waals surface area contributed by atoms with E-state index in [1.165, 1.54) is 30.4 Å². The van der Waals surface area contributed by atoms with Gasteiger partial charge in [-0.1, -0.05) is 0 Å². The number of aromatic nitrogens is 2. The van der Waals surface area contributed by atoms with Crippen LogP contribution < -0.4 is 5.32 Å². The van der Waals surface area contributed by atoms with Gasteiger partial charge < -0.3 is 10.1 Å². The second kappa shape index (κ2) is 7.60. The standard InChI is InChI=1S/C17H15F3N4O3/c1-21-16(25)14-8-24(17(26)27-14)7-10-5-22-6-13(23-10)9-2-3-12(18)11(4-9)15(19)20/h2-6,14-15H,7-8H2,1H3,(H,21,25). The Bertz CT molecular complexity index is 878. The van der Waals surface area contributed by atoms with E-state index in [9.17, 15) is 22.8 Å². The molecule has 2 amide bonds. The minimum atomic E-state index is -2.96. The van der Waals surface area contributed by atoms with Gasteiger partial charge in [0.1, 0.15) is 5.82 Å². The van der Waals surface area contributed by atoms with E-state index < -0.39 is 35.9 Å². The summed E-state index contributed by atoms with van der Waals surface area (Å²) in [6, 6.07) is 3.28. The molecular formula is C17H15F3N4O3. The van der Waals surface area contributed by atoms with E-state index in [1.54, 1.807) is 0 Å². The zero-order valence-corrected chi connectivity index (χ0v) is 14.2. The molecular weight excluding hydrogens is 365 g/mol. The highest BCUT2D eigenvalue weighted by atomic mass is 19.3. The highest BCUT2D eigenvalue weighted by Gasteiger charge is 2.35. The van der Waals surface area contributed by atoms with Crippen molar-refractivity contribution in [1.82, 2.24) is 20.2 Å². The van der Waals surface area contributed by atoms with E-state index in [1.807, 2.05) is 0 Å². The van der Waals surface area contributed by atoms with Gasteiger partial charge in [0.05, 0.1) is 42.4 Å². The lowest BCUT2D eigenvalue weighted by Crippen LogP contribution is -2.35. The molecule has 10 heteroatoms. The molecule has 1 aliphatic heterocycles. The Morgan fingerprint density at radius 1 is 1.41 bits per heavy atom. The molecule has 0 aliphatic carbocycles. The van der Waals surface area contributed by atoms with Crippen molar-refractivity contribution < 1.29 is 27.5 Å². The molecule has 1 unspecified atom stereocenters. The molecule has 3 rings (SSSR count). The molecule has 142 valence electrons. The number of hydrogen-bond acceptors (Lipinski definition) is 5. The highest BCUT2D eigenvalue weighted by molar-refractivity contribution is 5.86. The van der Waals surface area contributed by atoms with Crippen molar-refractivity contribution in [2.24, 2.45) is 0 Å². The first-order valence-corrected chi connectivity index (χ1v) is 7.95. The van der Waals surface area contributed by atoms with Crippen LogP contribution in [-0.2, 0) is 16.1 Å². The Hall–Kier alpha value is -3.17. The fourth-order valence-electron chi connectivity index (χ4n) is 2.62. The molecule has 0 radical (unpaired) electrons. The van der Waals surface area contributed by atoms with Crippen molar-refractivity contribution in [3.63, 3.8) is 0 Å². The Morgan fingerprint density at radius 3 is 2.89 bits per heavy atom. The third-order valence-corrected chi connectivity index (χ3v) is 3.99. The van der Waals surface area contributed by atoms with Crippen LogP contribution in [0, 0.1) is 5.82 Å². The second-order valence-electron chi connectivity index (χ2n) is 5.80. The highest BCUT2D eigenvalue weighted by Crippen LogP contribution is 2.27. The van der Waals surface area contributed by atoms with Crippen LogP contribution in [-0.4, -0.2) is 46.6 Å². The SMILES string of the molecule is CNC(=O)C1CN(Cc2cncc(-c3ccc(F)c(C(F)F)c3)n2)C(=O)O1. The van der Waals surface area contributed by atoms with E-state index >= 15 is 0 Å². The molecule has 0 saturated carbocycles. The lowest BCUT2D eigenvalue weighted by atomic mass is 10.1. The number of carbonyl (C=O) groups is 2. The average molecular weight is 380 g/mol. The van der Waals surface area contributed by atoms with Crippen LogP contribution in [0.15, 0.2) is 30.6 Å². The summed E-state index contributed by atoms with van der Waals surface area (Å²) >= 11 is 0. The number of carbonyl (C=O) groups excluding carboxylic acids is 2. The molecule has 1 aromatic heterocycles. The van der Waals surface area contributed by atoms with Crippen LogP contribution >= 0.6 is 0 Å². The molecule has 1 aliphatic rings. The summed E-state index contributed by atoms with van der Waals surface area (Å²) in [6.45, 7) is 0.0760. The molecule has 0 bridgehead atoms. The number of nitrogens with zero attached hydrogens (tertiary/aromatic N) is 3. The molecule has 7 nitrogen and oxygen atoms in total. The zero-order chi connectivity index (χ0) is 19.6. The van der Waals surface area contributed by atoms with Gasteiger partial charge in [0.2, 0.25) is 0 Å². The smallest absolute Gasteiger partial charge is 0.411 e. The second-order valence-corrected chi connectivity index (χ2v) is 5.80. The van der Waals surface area contributed by atoms with Crippen LogP contribution in [0.3, 0.4) is 0 Å². The molecule has 1 N–H and O–H groups in total. The number of amides is 2. The third-order valence-electron chi connectivity index (χ3n) is 3.99. The van der Waals surface area contributed by atoms with Gasteiger partial charge in [-0.2, -0.15) is 0 Å². The summed E-state index contributed by atoms with van der Waals surface area (Å²) in [5.74, 6) is -1.42. The number of alkyl halides is 2. The quantitative estimate of drug-likeness (QED) is 0.860. The fourth-order valence-corrected chi connectivity index (χ4v) is 2.62. The Labute approximate surface area is 152 Å². The molecule has 0 spiro atoms. The van der Waals surface area contributed by atoms with E-state index in [0.717, 1.165) is 12.1 Å². The largest absolute Gasteiger partial charge is 0.434 e. The van der Waals surface area contributed by atoms with Gasteiger partial charge in [-0.3, -0.25) is 14.7 Å². The van der Waals surface area contributed by atoms with Crippen LogP contribution in [0.2, 0.25) is 0 Å². The topological polar surface area (TPSA) is 84.4 Å². The maximum absolute atomic E-state index is 13.5. The van der Waals surface area contributed by atoms with E-state index in [0.29, 0.717) is 5.69 Å². The number of benzene rings is 1. The first-order valence-electron chi connectivity index (χ1n) is 7.95. The van der Waals surface area contributed by atoms with Gasteiger partial charge in [-0.15, -0.1) is 0 Å². The lowest BCUT2D eigenvalue weighted by molar-refractivity contribution is -0.127. The number of halogens is 3. The number of likely N-dealkylation sites (N-methyl/N-ethyl adjacent to an activating group) is 1. The zero-order valence-electron chi connectivity index (χ0n) is 14.2. The number of nitrogens with one attached hydrogen (secondary N) is 1. The lowest BCUT2D eigenvalue weighted by Gasteiger charge is -2.13. The summed E-state index contributed by atoms with van der Waals surface area (Å²) in [7, 11) is 1.43. The number of cyclic esters (lactones) is 1. The molecule has 2 aromatic rings. The van der Waals surface area contributed by atoms with E-state index in [-0.39, 0.29) is 24.3 Å². The van der Waals surface area contributed by atoms with Crippen LogP contribution in [0.5, 0.6) is 0 Å². The molecule has 1 saturated heterocycles. The summed E-state index contributed by atoms with van der Waals surface area (Å²) in [5, 5.41) is 2.40. The minimum absolute atomic E-state index is 0.0239. The van der Waals surface area contributed by atoms with Crippen molar-refractivity contribution in [2.75, 3.05) is 13.6 Å². The van der Waals surface area contributed by atoms with Crippen LogP contribution in [0.25, 0.3) is 11.3 Å². The first-order chi connectivity index (χ1) is 12.9. The summed E-state index contributed by atoms with van der Waals surface area (Å²) in [6.07, 6.45) is -1.78. The summed E-state index contributed by atoms with van der Waals surface area (Å²) in [5.41, 5.74) is 0.166. The predicted octanol–water partition coefficient (Wildman–Crippen LogP) is 2.29. The van der Waals surface area contributed by atoms with E-state index in [2.05, 4.69) is 15.3 Å². The Balaban J connectivity index is 1.80. The normalized spacial score (nSPS) is 16.6. The maximum Gasteiger partial charge on any atom is 0.411 e. The Morgan fingerprint density at radius 2 is 2.19 bits per heavy atom. The predicted molar refractivity (Wildman–Crippen MR) is 87.1 cm³/mol. The van der Waals surface area contributed by atoms with Gasteiger partial charge in [-0.05, 0) is 18.2 Å². The van der Waals surface area contributed by atoms with Gasteiger partial charge in [0, 0.05) is 12.6 Å². The first kappa shape index (κ1) is 18.6. The number of hydrogen-bond donors (Lipinski definition) is 1. The van der Waals surface area contributed by atoms with Crippen molar-refractivity contribution in [3.8, 4) is 11.3 Å². The fraction of sp³-hybridized carbons (Fsp3) is 0.294. The van der Waals surface area contributed by atoms with Gasteiger partial charge in [0.25, 0.3) is 12.3 Å². The maximum atomic E-state index is 13.5. The summed E-state index contributed by atoms with van der Waals surface area (Å²) in [4.78, 5) is 33.0. The van der Waals surface area contributed by atoms with Crippen LogP contribution in [0.4, 0.5) is 18.0 Å². The number of ether oxygens (including phenoxy) is 1. The molecule has 1 aromatic carbocycles. The Kier molecular flexibility index (Phi) is 5.24. The van der Waals surface area contributed by atoms with Gasteiger partial charge >= 0.3 is 6.09 Å². The third kappa shape index (κ3) is 3.99. The number of rotatable bonds is 5. The minimum Gasteiger partial charge on any atom is -0.434 e. The molecule has 27 heavy (non-hydrogen) atoms. The van der Waals surface area contributed by atoms with Gasteiger partial charge in [-0.25, -0.2) is 22.9 Å². The van der Waals surface area contributed by atoms with Crippen molar-refractivity contribution >= 4 is 12.0 Å². The van der Waals surface area contributed by atoms with Crippen molar-refractivity contribution in [1.29, 1.82) is 0 Å². The van der Waals surface area contributed by atoms with E-state index in [4.69, 9.17) is 4.74 Å². The summed E-state index contributed by atoms with van der Waals surface area (Å²) < 4.78 is 44.2.